The topological polar surface area (TPSA) is 55.2 Å². The molecule has 0 unspecified atom stereocenters. The summed E-state index contributed by atoms with van der Waals surface area (Å²) >= 11 is 5.78. The van der Waals surface area contributed by atoms with E-state index in [4.69, 9.17) is 11.6 Å². The number of nitro benzene ring substituents is 1. The first-order valence-electron chi connectivity index (χ1n) is 5.38. The molecule has 0 heterocycles. The molecule has 0 aromatic heterocycles. The van der Waals surface area contributed by atoms with Crippen LogP contribution in [0, 0.1) is 10.1 Å². The van der Waals surface area contributed by atoms with Crippen LogP contribution in [0.4, 0.5) is 11.4 Å². The third-order valence-corrected chi connectivity index (χ3v) is 2.77. The van der Waals surface area contributed by atoms with Gasteiger partial charge in [-0.15, -0.1) is 0 Å². The van der Waals surface area contributed by atoms with Crippen molar-refractivity contribution in [2.75, 3.05) is 5.32 Å². The first kappa shape index (κ1) is 12.4. The first-order chi connectivity index (χ1) is 8.66. The highest BCUT2D eigenvalue weighted by molar-refractivity contribution is 6.30. The molecule has 0 fully saturated rings. The van der Waals surface area contributed by atoms with Crippen LogP contribution in [0.1, 0.15) is 5.56 Å². The van der Waals surface area contributed by atoms with Crippen molar-refractivity contribution in [1.82, 2.24) is 0 Å². The zero-order valence-electron chi connectivity index (χ0n) is 9.47. The third kappa shape index (κ3) is 2.99. The molecule has 0 saturated heterocycles. The summed E-state index contributed by atoms with van der Waals surface area (Å²) in [6.07, 6.45) is 0. The van der Waals surface area contributed by atoms with Crippen LogP contribution in [0.25, 0.3) is 0 Å². The third-order valence-electron chi connectivity index (χ3n) is 2.52. The zero-order valence-corrected chi connectivity index (χ0v) is 10.2. The predicted octanol–water partition coefficient (Wildman–Crippen LogP) is 3.86. The number of nitrogens with one attached hydrogen (secondary N) is 1. The average Bonchev–Trinajstić information content (AvgIpc) is 2.38. The summed E-state index contributed by atoms with van der Waals surface area (Å²) in [5, 5.41) is 14.6. The fourth-order valence-corrected chi connectivity index (χ4v) is 1.73. The minimum absolute atomic E-state index is 0.124. The van der Waals surface area contributed by atoms with Gasteiger partial charge in [-0.25, -0.2) is 0 Å². The van der Waals surface area contributed by atoms with E-state index in [1.807, 2.05) is 12.1 Å². The van der Waals surface area contributed by atoms with E-state index in [1.54, 1.807) is 30.3 Å². The Labute approximate surface area is 109 Å². The summed E-state index contributed by atoms with van der Waals surface area (Å²) in [6.45, 7) is 0.402. The Hall–Kier alpha value is -2.07. The Bertz CT molecular complexity index is 555. The molecule has 0 amide bonds. The van der Waals surface area contributed by atoms with Gasteiger partial charge in [0.15, 0.2) is 0 Å². The highest BCUT2D eigenvalue weighted by atomic mass is 35.5. The highest BCUT2D eigenvalue weighted by Gasteiger charge is 2.11. The summed E-state index contributed by atoms with van der Waals surface area (Å²) in [5.74, 6) is 0. The SMILES string of the molecule is O=[N+]([O-])c1ccccc1CNc1ccc(Cl)cc1. The van der Waals surface area contributed by atoms with Crippen molar-refractivity contribution in [2.24, 2.45) is 0 Å². The van der Waals surface area contributed by atoms with Crippen LogP contribution in [0.5, 0.6) is 0 Å². The molecule has 0 aliphatic rings. The number of benzene rings is 2. The van der Waals surface area contributed by atoms with Crippen LogP contribution in [0.2, 0.25) is 5.02 Å². The van der Waals surface area contributed by atoms with Crippen molar-refractivity contribution in [3.63, 3.8) is 0 Å². The molecule has 4 nitrogen and oxygen atoms in total. The summed E-state index contributed by atoms with van der Waals surface area (Å²) in [6, 6.07) is 13.9. The molecule has 0 spiro atoms. The maximum atomic E-state index is 10.8. The van der Waals surface area contributed by atoms with E-state index in [0.29, 0.717) is 17.1 Å². The Morgan fingerprint density at radius 1 is 1.11 bits per heavy atom. The number of nitrogens with zero attached hydrogens (tertiary/aromatic N) is 1. The van der Waals surface area contributed by atoms with E-state index in [0.717, 1.165) is 5.69 Å². The van der Waals surface area contributed by atoms with E-state index in [9.17, 15) is 10.1 Å². The molecule has 18 heavy (non-hydrogen) atoms. The van der Waals surface area contributed by atoms with Crippen LogP contribution in [0.3, 0.4) is 0 Å². The molecule has 5 heteroatoms. The molecular weight excluding hydrogens is 252 g/mol. The Morgan fingerprint density at radius 2 is 1.78 bits per heavy atom. The molecule has 2 aromatic carbocycles. The van der Waals surface area contributed by atoms with Gasteiger partial charge in [-0.3, -0.25) is 10.1 Å². The lowest BCUT2D eigenvalue weighted by atomic mass is 10.2. The van der Waals surface area contributed by atoms with Gasteiger partial charge in [0.25, 0.3) is 5.69 Å². The number of hydrogen-bond acceptors (Lipinski definition) is 3. The minimum atomic E-state index is -0.376. The standard InChI is InChI=1S/C13H11ClN2O2/c14-11-5-7-12(8-6-11)15-9-10-3-1-2-4-13(10)16(17)18/h1-8,15H,9H2. The van der Waals surface area contributed by atoms with E-state index >= 15 is 0 Å². The lowest BCUT2D eigenvalue weighted by Crippen LogP contribution is -2.02. The van der Waals surface area contributed by atoms with E-state index in [-0.39, 0.29) is 10.6 Å². The molecule has 1 N–H and O–H groups in total. The smallest absolute Gasteiger partial charge is 0.274 e. The van der Waals surface area contributed by atoms with Crippen LogP contribution < -0.4 is 5.32 Å². The number of para-hydroxylation sites is 1. The molecular formula is C13H11ClN2O2. The van der Waals surface area contributed by atoms with Gasteiger partial charge in [-0.2, -0.15) is 0 Å². The molecule has 2 rings (SSSR count). The quantitative estimate of drug-likeness (QED) is 0.672. The number of hydrogen-bond donors (Lipinski definition) is 1. The lowest BCUT2D eigenvalue weighted by Gasteiger charge is -2.06. The lowest BCUT2D eigenvalue weighted by molar-refractivity contribution is -0.385. The fraction of sp³-hybridized carbons (Fsp3) is 0.0769. The van der Waals surface area contributed by atoms with E-state index in [2.05, 4.69) is 5.32 Å². The second kappa shape index (κ2) is 5.51. The average molecular weight is 263 g/mol. The predicted molar refractivity (Wildman–Crippen MR) is 71.9 cm³/mol. The minimum Gasteiger partial charge on any atom is -0.381 e. The van der Waals surface area contributed by atoms with E-state index < -0.39 is 0 Å². The van der Waals surface area contributed by atoms with Gasteiger partial charge >= 0.3 is 0 Å². The maximum Gasteiger partial charge on any atom is 0.274 e. The molecule has 0 saturated carbocycles. The number of nitro groups is 1. The Balaban J connectivity index is 2.10. The van der Waals surface area contributed by atoms with Gasteiger partial charge in [0, 0.05) is 28.9 Å². The van der Waals surface area contributed by atoms with E-state index in [1.165, 1.54) is 6.07 Å². The van der Waals surface area contributed by atoms with Crippen molar-refractivity contribution in [2.45, 2.75) is 6.54 Å². The normalized spacial score (nSPS) is 10.1. The zero-order chi connectivity index (χ0) is 13.0. The maximum absolute atomic E-state index is 10.8. The highest BCUT2D eigenvalue weighted by Crippen LogP contribution is 2.20. The largest absolute Gasteiger partial charge is 0.381 e. The van der Waals surface area contributed by atoms with Crippen molar-refractivity contribution in [3.8, 4) is 0 Å². The molecule has 0 bridgehead atoms. The Morgan fingerprint density at radius 3 is 2.44 bits per heavy atom. The van der Waals surface area contributed by atoms with Crippen LogP contribution in [-0.4, -0.2) is 4.92 Å². The molecule has 0 aliphatic heterocycles. The summed E-state index contributed by atoms with van der Waals surface area (Å²) in [7, 11) is 0. The number of halogens is 1. The summed E-state index contributed by atoms with van der Waals surface area (Å²) < 4.78 is 0. The van der Waals surface area contributed by atoms with Crippen LogP contribution >= 0.6 is 11.6 Å². The van der Waals surface area contributed by atoms with Gasteiger partial charge in [-0.1, -0.05) is 29.8 Å². The summed E-state index contributed by atoms with van der Waals surface area (Å²) in [4.78, 5) is 10.5. The van der Waals surface area contributed by atoms with Crippen molar-refractivity contribution >= 4 is 23.0 Å². The van der Waals surface area contributed by atoms with Gasteiger partial charge < -0.3 is 5.32 Å². The van der Waals surface area contributed by atoms with Gasteiger partial charge in [0.2, 0.25) is 0 Å². The van der Waals surface area contributed by atoms with Gasteiger partial charge in [-0.05, 0) is 24.3 Å². The molecule has 92 valence electrons. The van der Waals surface area contributed by atoms with Gasteiger partial charge in [0.1, 0.15) is 0 Å². The Kier molecular flexibility index (Phi) is 3.79. The first-order valence-corrected chi connectivity index (χ1v) is 5.76. The van der Waals surface area contributed by atoms with Gasteiger partial charge in [0.05, 0.1) is 4.92 Å². The second-order valence-corrected chi connectivity index (χ2v) is 4.18. The number of anilines is 1. The second-order valence-electron chi connectivity index (χ2n) is 3.75. The molecule has 0 radical (unpaired) electrons. The summed E-state index contributed by atoms with van der Waals surface area (Å²) in [5.41, 5.74) is 1.65. The van der Waals surface area contributed by atoms with Crippen molar-refractivity contribution in [3.05, 3.63) is 69.2 Å². The fourth-order valence-electron chi connectivity index (χ4n) is 1.60. The van der Waals surface area contributed by atoms with Crippen molar-refractivity contribution < 1.29 is 4.92 Å². The molecule has 0 atom stereocenters. The van der Waals surface area contributed by atoms with Crippen LogP contribution in [0.15, 0.2) is 48.5 Å². The molecule has 0 aliphatic carbocycles. The molecule has 2 aromatic rings. The number of rotatable bonds is 4. The monoisotopic (exact) mass is 262 g/mol. The van der Waals surface area contributed by atoms with Crippen molar-refractivity contribution in [1.29, 1.82) is 0 Å². The van der Waals surface area contributed by atoms with Crippen LogP contribution in [-0.2, 0) is 6.54 Å².